The molecule has 0 aromatic heterocycles. The summed E-state index contributed by atoms with van der Waals surface area (Å²) < 4.78 is 53.3. The Morgan fingerprint density at radius 3 is 0.881 bits per heavy atom. The van der Waals surface area contributed by atoms with Gasteiger partial charge in [-0.2, -0.15) is 0 Å². The molecule has 36 nitrogen and oxygen atoms in total. The number of alkyl carbamates (subject to hydrolysis) is 1. The van der Waals surface area contributed by atoms with Crippen LogP contribution in [-0.2, 0) is 73.5 Å². The van der Waals surface area contributed by atoms with Gasteiger partial charge >= 0.3 is 41.9 Å². The SMILES string of the molecule is CC(=O)Oc1cccc(C(=O)NCCNC(=O)CN2CCN(CC(=O)NCCCOCCOCCOCCCNC(=O)OCc3ccccc3)CCN(CC(=O)NCCNC(=O)c3cccc(OC(C)=O)c3OC(C)=O)CCN(CC(=O)NCCNC(=O)c3cccc(OC(C)=O)c3OC(C)=O)CC2)c1OC(C)=O. The molecule has 0 atom stereocenters. The first-order chi connectivity index (χ1) is 52.3. The molecule has 1 aliphatic heterocycles. The molecule has 5 rings (SSSR count). The quantitative estimate of drug-likeness (QED) is 0.0168. The maximum Gasteiger partial charge on any atom is 0.407 e. The van der Waals surface area contributed by atoms with Crippen molar-refractivity contribution in [1.82, 2.24) is 62.1 Å². The average Bonchev–Trinajstić information content (AvgIpc) is 0.834. The van der Waals surface area contributed by atoms with Gasteiger partial charge in [0.15, 0.2) is 34.5 Å². The number of hydrogen-bond donors (Lipinski definition) is 8. The van der Waals surface area contributed by atoms with Crippen LogP contribution in [0.2, 0.25) is 0 Å². The zero-order valence-corrected chi connectivity index (χ0v) is 62.2. The lowest BCUT2D eigenvalue weighted by molar-refractivity contribution is -0.134. The van der Waals surface area contributed by atoms with E-state index >= 15 is 0 Å². The highest BCUT2D eigenvalue weighted by atomic mass is 16.6. The van der Waals surface area contributed by atoms with Gasteiger partial charge in [-0.25, -0.2) is 4.79 Å². The van der Waals surface area contributed by atoms with Crippen molar-refractivity contribution < 1.29 is 114 Å². The molecule has 4 aromatic rings. The van der Waals surface area contributed by atoms with Crippen molar-refractivity contribution in [1.29, 1.82) is 0 Å². The zero-order chi connectivity index (χ0) is 79.3. The fourth-order valence-electron chi connectivity index (χ4n) is 10.3. The lowest BCUT2D eigenvalue weighted by Crippen LogP contribution is -2.52. The van der Waals surface area contributed by atoms with Gasteiger partial charge in [0.05, 0.1) is 69.3 Å². The van der Waals surface area contributed by atoms with Crippen LogP contribution in [0.4, 0.5) is 4.79 Å². The van der Waals surface area contributed by atoms with Crippen LogP contribution in [-0.4, -0.2) is 273 Å². The Hall–Kier alpha value is -11.0. The first kappa shape index (κ1) is 88.6. The molecule has 1 heterocycles. The average molecular weight is 1530 g/mol. The molecular weight excluding hydrogens is 1430 g/mol. The number of rotatable bonds is 42. The van der Waals surface area contributed by atoms with Gasteiger partial charge in [-0.1, -0.05) is 48.5 Å². The van der Waals surface area contributed by atoms with Crippen molar-refractivity contribution in [3.63, 3.8) is 0 Å². The van der Waals surface area contributed by atoms with E-state index in [9.17, 15) is 67.1 Å². The highest BCUT2D eigenvalue weighted by molar-refractivity contribution is 6.00. The Balaban J connectivity index is 1.23. The van der Waals surface area contributed by atoms with Gasteiger partial charge in [0.2, 0.25) is 23.6 Å². The minimum absolute atomic E-state index is 0.0603. The van der Waals surface area contributed by atoms with Crippen LogP contribution in [0, 0.1) is 0 Å². The Bertz CT molecular complexity index is 3590. The first-order valence-corrected chi connectivity index (χ1v) is 35.3. The van der Waals surface area contributed by atoms with Gasteiger partial charge in [-0.05, 0) is 54.8 Å². The van der Waals surface area contributed by atoms with E-state index in [0.717, 1.165) is 47.1 Å². The van der Waals surface area contributed by atoms with Crippen LogP contribution in [0.25, 0.3) is 0 Å². The second-order valence-corrected chi connectivity index (χ2v) is 24.3. The Morgan fingerprint density at radius 2 is 0.578 bits per heavy atom. The smallest absolute Gasteiger partial charge is 0.407 e. The highest BCUT2D eigenvalue weighted by Gasteiger charge is 2.26. The molecule has 4 aromatic carbocycles. The van der Waals surface area contributed by atoms with E-state index in [1.165, 1.54) is 54.6 Å². The molecule has 1 fully saturated rings. The van der Waals surface area contributed by atoms with Gasteiger partial charge in [0.1, 0.15) is 6.61 Å². The number of nitrogens with one attached hydrogen (secondary N) is 8. The standard InChI is InChI=1S/C73H98N12O24/c1-50(86)104-60-20-10-17-57(67(60)107-53(4)89)70(96)78-28-25-75-64(93)46-83-33-31-82(45-63(92)74-23-13-39-100-41-43-102-44-42-101-40-14-24-81-73(99)103-49-56-15-8-7-9-16-56)32-34-84(47-65(94)76-26-29-79-71(97)58-18-11-21-61(105-51(2)87)68(58)108-54(5)90)36-38-85(37-35-83)48-66(95)77-27-30-80-72(98)59-19-12-22-62(106-52(3)88)69(59)109-55(6)91/h7-12,15-22H,13-14,23-49H2,1-6H3,(H,74,92)(H,75,93)(H,76,94)(H,77,95)(H,78,96)(H,79,97)(H,80,98)(H,81,99). The molecule has 0 radical (unpaired) electrons. The molecule has 1 saturated heterocycles. The van der Waals surface area contributed by atoms with Crippen LogP contribution in [0.3, 0.4) is 0 Å². The van der Waals surface area contributed by atoms with Crippen LogP contribution >= 0.6 is 0 Å². The van der Waals surface area contributed by atoms with Crippen LogP contribution in [0.5, 0.6) is 34.5 Å². The number of benzene rings is 4. The number of carbonyl (C=O) groups excluding carboxylic acids is 14. The third-order valence-corrected chi connectivity index (χ3v) is 15.2. The molecule has 1 aliphatic rings. The number of amides is 8. The minimum Gasteiger partial charge on any atom is -0.445 e. The first-order valence-electron chi connectivity index (χ1n) is 35.3. The van der Waals surface area contributed by atoms with Gasteiger partial charge in [-0.15, -0.1) is 0 Å². The summed E-state index contributed by atoms with van der Waals surface area (Å²) in [5.74, 6) is -9.62. The van der Waals surface area contributed by atoms with Gasteiger partial charge in [0, 0.05) is 159 Å². The van der Waals surface area contributed by atoms with Crippen molar-refractivity contribution in [2.75, 3.05) is 171 Å². The molecule has 0 saturated carbocycles. The van der Waals surface area contributed by atoms with Gasteiger partial charge in [-0.3, -0.25) is 81.9 Å². The maximum atomic E-state index is 13.8. The number of para-hydroxylation sites is 3. The van der Waals surface area contributed by atoms with Gasteiger partial charge < -0.3 is 89.9 Å². The van der Waals surface area contributed by atoms with E-state index in [0.29, 0.717) is 59.0 Å². The summed E-state index contributed by atoms with van der Waals surface area (Å²) >= 11 is 0. The monoisotopic (exact) mass is 1530 g/mol. The molecule has 8 amide bonds. The molecule has 0 aliphatic carbocycles. The third kappa shape index (κ3) is 36.4. The predicted octanol–water partition coefficient (Wildman–Crippen LogP) is 0.271. The molecule has 36 heteroatoms. The van der Waals surface area contributed by atoms with Crippen molar-refractivity contribution in [2.24, 2.45) is 0 Å². The van der Waals surface area contributed by atoms with Crippen LogP contribution in [0.15, 0.2) is 84.9 Å². The van der Waals surface area contributed by atoms with E-state index < -0.39 is 77.4 Å². The predicted molar refractivity (Wildman–Crippen MR) is 388 cm³/mol. The number of esters is 6. The second kappa shape index (κ2) is 49.8. The maximum absolute atomic E-state index is 13.8. The summed E-state index contributed by atoms with van der Waals surface area (Å²) in [5, 5.41) is 22.0. The number of ether oxygens (including phenoxy) is 10. The topological polar surface area (TPSA) is 440 Å². The van der Waals surface area contributed by atoms with Crippen LogP contribution in [0.1, 0.15) is 91.0 Å². The number of carbonyl (C=O) groups is 14. The molecule has 0 bridgehead atoms. The summed E-state index contributed by atoms with van der Waals surface area (Å²) in [5.41, 5.74) is 0.536. The minimum atomic E-state index is -0.780. The lowest BCUT2D eigenvalue weighted by Gasteiger charge is -2.33. The fourth-order valence-corrected chi connectivity index (χ4v) is 10.3. The lowest BCUT2D eigenvalue weighted by atomic mass is 10.1. The Morgan fingerprint density at radius 1 is 0.303 bits per heavy atom. The summed E-state index contributed by atoms with van der Waals surface area (Å²) in [6.45, 7) is 9.98. The summed E-state index contributed by atoms with van der Waals surface area (Å²) in [6.07, 6.45) is 0.544. The third-order valence-electron chi connectivity index (χ3n) is 15.2. The van der Waals surface area contributed by atoms with E-state index in [1.54, 1.807) is 4.90 Å². The molecule has 109 heavy (non-hydrogen) atoms. The van der Waals surface area contributed by atoms with E-state index in [-0.39, 0.29) is 188 Å². The second-order valence-electron chi connectivity index (χ2n) is 24.3. The summed E-state index contributed by atoms with van der Waals surface area (Å²) in [6, 6.07) is 21.8. The van der Waals surface area contributed by atoms with Crippen molar-refractivity contribution in [3.8, 4) is 34.5 Å². The molecule has 8 N–H and O–H groups in total. The van der Waals surface area contributed by atoms with E-state index in [2.05, 4.69) is 42.5 Å². The zero-order valence-electron chi connectivity index (χ0n) is 62.2. The van der Waals surface area contributed by atoms with Crippen molar-refractivity contribution >= 4 is 83.3 Å². The normalized spacial score (nSPS) is 12.9. The summed E-state index contributed by atoms with van der Waals surface area (Å²) in [7, 11) is 0. The van der Waals surface area contributed by atoms with Crippen molar-refractivity contribution in [3.05, 3.63) is 107 Å². The van der Waals surface area contributed by atoms with Crippen LogP contribution < -0.4 is 71.0 Å². The number of nitrogens with zero attached hydrogens (tertiary/aromatic N) is 4. The van der Waals surface area contributed by atoms with Crippen molar-refractivity contribution in [2.45, 2.75) is 61.0 Å². The highest BCUT2D eigenvalue weighted by Crippen LogP contribution is 2.34. The largest absolute Gasteiger partial charge is 0.445 e. The Kier molecular flexibility index (Phi) is 40.5. The Labute approximate surface area is 630 Å². The van der Waals surface area contributed by atoms with E-state index in [4.69, 9.17) is 47.4 Å². The molecule has 0 spiro atoms. The van der Waals surface area contributed by atoms with Gasteiger partial charge in [0.25, 0.3) is 17.7 Å². The van der Waals surface area contributed by atoms with E-state index in [1.807, 2.05) is 45.0 Å². The molecule has 594 valence electrons. The fraction of sp³-hybridized carbons (Fsp3) is 0.479. The number of hydrogen-bond acceptors (Lipinski definition) is 28. The summed E-state index contributed by atoms with van der Waals surface area (Å²) in [4.78, 5) is 186. The molecular formula is C73H98N12O24. The molecule has 0 unspecified atom stereocenters.